The molecule has 1 aliphatic rings. The fourth-order valence-electron chi connectivity index (χ4n) is 1.97. The van der Waals surface area contributed by atoms with Crippen LogP contribution in [0.2, 0.25) is 0 Å². The van der Waals surface area contributed by atoms with Gasteiger partial charge in [0, 0.05) is 4.90 Å². The van der Waals surface area contributed by atoms with E-state index in [1.54, 1.807) is 0 Å². The molecule has 2 atom stereocenters. The molecular weight excluding hydrogens is 282 g/mol. The summed E-state index contributed by atoms with van der Waals surface area (Å²) in [6.45, 7) is 0. The van der Waals surface area contributed by atoms with Gasteiger partial charge >= 0.3 is 11.9 Å². The topological polar surface area (TPSA) is 104 Å². The summed E-state index contributed by atoms with van der Waals surface area (Å²) >= 11 is 1.36. The summed E-state index contributed by atoms with van der Waals surface area (Å²) < 4.78 is 0. The third-order valence-electron chi connectivity index (χ3n) is 2.93. The van der Waals surface area contributed by atoms with Crippen molar-refractivity contribution in [1.29, 1.82) is 0 Å². The van der Waals surface area contributed by atoms with Gasteiger partial charge in [0.25, 0.3) is 0 Å². The largest absolute Gasteiger partial charge is 0.481 e. The molecular formula is C13H13NO5S. The van der Waals surface area contributed by atoms with Gasteiger partial charge in [0.2, 0.25) is 5.91 Å². The van der Waals surface area contributed by atoms with E-state index in [2.05, 4.69) is 5.32 Å². The number of benzene rings is 1. The summed E-state index contributed by atoms with van der Waals surface area (Å²) in [5.74, 6) is -3.05. The smallest absolute Gasteiger partial charge is 0.326 e. The molecule has 0 fully saturated rings. The minimum absolute atomic E-state index is 0.414. The first kappa shape index (κ1) is 14.4. The van der Waals surface area contributed by atoms with E-state index < -0.39 is 35.6 Å². The second kappa shape index (κ2) is 5.96. The molecule has 1 unspecified atom stereocenters. The molecule has 1 aliphatic heterocycles. The van der Waals surface area contributed by atoms with Gasteiger partial charge < -0.3 is 15.5 Å². The van der Waals surface area contributed by atoms with Gasteiger partial charge in [0.05, 0.1) is 11.7 Å². The van der Waals surface area contributed by atoms with Crippen LogP contribution in [0.25, 0.3) is 0 Å². The van der Waals surface area contributed by atoms with Gasteiger partial charge in [-0.3, -0.25) is 9.59 Å². The Kier molecular flexibility index (Phi) is 4.29. The number of carbonyl (C=O) groups is 3. The Labute approximate surface area is 119 Å². The van der Waals surface area contributed by atoms with E-state index in [0.29, 0.717) is 6.42 Å². The van der Waals surface area contributed by atoms with Crippen LogP contribution < -0.4 is 5.32 Å². The Bertz CT molecular complexity index is 534. The average Bonchev–Trinajstić information content (AvgIpc) is 2.81. The maximum atomic E-state index is 12.0. The average molecular weight is 295 g/mol. The zero-order valence-electron chi connectivity index (χ0n) is 10.4. The molecule has 0 saturated heterocycles. The lowest BCUT2D eigenvalue weighted by Crippen LogP contribution is -2.45. The SMILES string of the molecule is O=C(O)C[C@@H](NC(=O)C1Cc2ccccc2S1)C(=O)O. The van der Waals surface area contributed by atoms with E-state index in [-0.39, 0.29) is 0 Å². The molecule has 0 aliphatic carbocycles. The predicted octanol–water partition coefficient (Wildman–Crippen LogP) is 0.748. The number of aliphatic carboxylic acids is 2. The quantitative estimate of drug-likeness (QED) is 0.740. The first-order valence-corrected chi connectivity index (χ1v) is 6.85. The monoisotopic (exact) mass is 295 g/mol. The highest BCUT2D eigenvalue weighted by molar-refractivity contribution is 8.01. The number of hydrogen-bond donors (Lipinski definition) is 3. The van der Waals surface area contributed by atoms with E-state index in [0.717, 1.165) is 10.5 Å². The number of rotatable bonds is 5. The first-order valence-electron chi connectivity index (χ1n) is 5.97. The molecule has 20 heavy (non-hydrogen) atoms. The second-order valence-corrected chi connectivity index (χ2v) is 5.66. The summed E-state index contributed by atoms with van der Waals surface area (Å²) in [7, 11) is 0. The Morgan fingerprint density at radius 2 is 2.00 bits per heavy atom. The van der Waals surface area contributed by atoms with E-state index in [4.69, 9.17) is 10.2 Å². The summed E-state index contributed by atoms with van der Waals surface area (Å²) in [6.07, 6.45) is -0.114. The minimum Gasteiger partial charge on any atom is -0.481 e. The molecule has 2 rings (SSSR count). The van der Waals surface area contributed by atoms with Gasteiger partial charge in [0.1, 0.15) is 6.04 Å². The lowest BCUT2D eigenvalue weighted by Gasteiger charge is -2.15. The van der Waals surface area contributed by atoms with E-state index in [1.807, 2.05) is 24.3 Å². The molecule has 1 aromatic rings. The zero-order valence-corrected chi connectivity index (χ0v) is 11.2. The Balaban J connectivity index is 1.99. The molecule has 1 amide bonds. The third-order valence-corrected chi connectivity index (χ3v) is 4.25. The van der Waals surface area contributed by atoms with Crippen LogP contribution in [0, 0.1) is 0 Å². The van der Waals surface area contributed by atoms with Crippen LogP contribution in [0.1, 0.15) is 12.0 Å². The van der Waals surface area contributed by atoms with Crippen molar-refractivity contribution in [2.75, 3.05) is 0 Å². The fourth-order valence-corrected chi connectivity index (χ4v) is 3.17. The number of nitrogens with one attached hydrogen (secondary N) is 1. The highest BCUT2D eigenvalue weighted by Crippen LogP contribution is 2.36. The van der Waals surface area contributed by atoms with Gasteiger partial charge in [-0.2, -0.15) is 0 Å². The second-order valence-electron chi connectivity index (χ2n) is 4.42. The minimum atomic E-state index is -1.40. The molecule has 0 spiro atoms. The number of carbonyl (C=O) groups excluding carboxylic acids is 1. The maximum Gasteiger partial charge on any atom is 0.326 e. The molecule has 106 valence electrons. The van der Waals surface area contributed by atoms with Gasteiger partial charge in [-0.05, 0) is 18.1 Å². The van der Waals surface area contributed by atoms with Crippen molar-refractivity contribution in [3.8, 4) is 0 Å². The van der Waals surface area contributed by atoms with Crippen LogP contribution in [0.3, 0.4) is 0 Å². The molecule has 7 heteroatoms. The number of hydrogen-bond acceptors (Lipinski definition) is 4. The molecule has 1 heterocycles. The van der Waals surface area contributed by atoms with Crippen molar-refractivity contribution in [3.05, 3.63) is 29.8 Å². The summed E-state index contributed by atoms with van der Waals surface area (Å²) in [6, 6.07) is 6.17. The molecule has 0 bridgehead atoms. The first-order chi connectivity index (χ1) is 9.47. The molecule has 0 aromatic heterocycles. The third kappa shape index (κ3) is 3.30. The van der Waals surface area contributed by atoms with Gasteiger partial charge in [-0.1, -0.05) is 18.2 Å². The highest BCUT2D eigenvalue weighted by atomic mass is 32.2. The Morgan fingerprint density at radius 3 is 2.60 bits per heavy atom. The summed E-state index contributed by atoms with van der Waals surface area (Å²) in [5, 5.41) is 19.4. The normalized spacial score (nSPS) is 18.1. The van der Waals surface area contributed by atoms with E-state index >= 15 is 0 Å². The lowest BCUT2D eigenvalue weighted by molar-refractivity contribution is -0.147. The van der Waals surface area contributed by atoms with E-state index in [9.17, 15) is 14.4 Å². The summed E-state index contributed by atoms with van der Waals surface area (Å²) in [4.78, 5) is 34.5. The highest BCUT2D eigenvalue weighted by Gasteiger charge is 2.31. The molecule has 3 N–H and O–H groups in total. The van der Waals surface area contributed by atoms with Gasteiger partial charge in [-0.15, -0.1) is 11.8 Å². The Morgan fingerprint density at radius 1 is 1.30 bits per heavy atom. The van der Waals surface area contributed by atoms with Gasteiger partial charge in [0.15, 0.2) is 0 Å². The lowest BCUT2D eigenvalue weighted by atomic mass is 10.1. The van der Waals surface area contributed by atoms with Crippen LogP contribution in [0.5, 0.6) is 0 Å². The predicted molar refractivity (Wildman–Crippen MR) is 71.6 cm³/mol. The zero-order chi connectivity index (χ0) is 14.7. The molecule has 0 radical (unpaired) electrons. The van der Waals surface area contributed by atoms with E-state index in [1.165, 1.54) is 11.8 Å². The van der Waals surface area contributed by atoms with Crippen molar-refractivity contribution in [1.82, 2.24) is 5.32 Å². The van der Waals surface area contributed by atoms with Gasteiger partial charge in [-0.25, -0.2) is 4.79 Å². The van der Waals surface area contributed by atoms with Crippen molar-refractivity contribution in [3.63, 3.8) is 0 Å². The maximum absolute atomic E-state index is 12.0. The Hall–Kier alpha value is -2.02. The molecule has 0 saturated carbocycles. The molecule has 6 nitrogen and oxygen atoms in total. The number of carboxylic acids is 2. The van der Waals surface area contributed by atoms with Crippen LogP contribution in [0.4, 0.5) is 0 Å². The standard InChI is InChI=1S/C13H13NO5S/c15-11(16)6-8(13(18)19)14-12(17)10-5-7-3-1-2-4-9(7)20-10/h1-4,8,10H,5-6H2,(H,14,17)(H,15,16)(H,18,19)/t8-,10?/m1/s1. The van der Waals surface area contributed by atoms with Crippen LogP contribution >= 0.6 is 11.8 Å². The molecule has 1 aromatic carbocycles. The number of thioether (sulfide) groups is 1. The van der Waals surface area contributed by atoms with Crippen molar-refractivity contribution >= 4 is 29.6 Å². The number of carboxylic acid groups (broad SMARTS) is 2. The van der Waals surface area contributed by atoms with Crippen LogP contribution in [-0.2, 0) is 20.8 Å². The number of fused-ring (bicyclic) bond motifs is 1. The fraction of sp³-hybridized carbons (Fsp3) is 0.308. The van der Waals surface area contributed by atoms with Crippen molar-refractivity contribution in [2.45, 2.75) is 29.0 Å². The van der Waals surface area contributed by atoms with Crippen molar-refractivity contribution in [2.24, 2.45) is 0 Å². The van der Waals surface area contributed by atoms with Crippen molar-refractivity contribution < 1.29 is 24.6 Å². The van der Waals surface area contributed by atoms with Crippen LogP contribution in [0.15, 0.2) is 29.2 Å². The van der Waals surface area contributed by atoms with Crippen LogP contribution in [-0.4, -0.2) is 39.4 Å². The summed E-state index contributed by atoms with van der Waals surface area (Å²) in [5.41, 5.74) is 1.04. The number of amides is 1.